The van der Waals surface area contributed by atoms with Crippen molar-refractivity contribution < 1.29 is 19.5 Å². The van der Waals surface area contributed by atoms with Gasteiger partial charge in [0.15, 0.2) is 0 Å². The molecule has 3 aromatic carbocycles. The SMILES string of the molecule is Cc1ccc(-c2c(C)noc2C)cc1C(CCCCNc1ccc2c(c1)CN(C1CCC(O)NC1O)C2=O)Nc1ccc(C#N)c(Cl)c1. The van der Waals surface area contributed by atoms with Crippen molar-refractivity contribution in [2.75, 3.05) is 17.2 Å². The van der Waals surface area contributed by atoms with Gasteiger partial charge in [0.05, 0.1) is 28.4 Å². The molecular formula is C37H41ClN6O4. The molecule has 5 N–H and O–H groups in total. The molecule has 0 aliphatic carbocycles. The van der Waals surface area contributed by atoms with Crippen molar-refractivity contribution in [3.05, 3.63) is 98.9 Å². The number of rotatable bonds is 11. The lowest BCUT2D eigenvalue weighted by atomic mass is 9.92. The minimum atomic E-state index is -0.959. The smallest absolute Gasteiger partial charge is 0.254 e. The molecular weight excluding hydrogens is 628 g/mol. The Morgan fingerprint density at radius 2 is 1.90 bits per heavy atom. The van der Waals surface area contributed by atoms with Crippen LogP contribution in [0.2, 0.25) is 5.02 Å². The maximum atomic E-state index is 13.1. The van der Waals surface area contributed by atoms with Gasteiger partial charge in [0.25, 0.3) is 5.91 Å². The van der Waals surface area contributed by atoms with Gasteiger partial charge in [0.2, 0.25) is 0 Å². The summed E-state index contributed by atoms with van der Waals surface area (Å²) in [5.41, 5.74) is 9.06. The Kier molecular flexibility index (Phi) is 10.0. The number of unbranched alkanes of at least 4 members (excludes halogenated alkanes) is 1. The predicted molar refractivity (Wildman–Crippen MR) is 186 cm³/mol. The van der Waals surface area contributed by atoms with Crippen molar-refractivity contribution in [3.63, 3.8) is 0 Å². The van der Waals surface area contributed by atoms with Gasteiger partial charge in [-0.05, 0) is 118 Å². The minimum Gasteiger partial charge on any atom is -0.385 e. The summed E-state index contributed by atoms with van der Waals surface area (Å²) in [4.78, 5) is 14.8. The Balaban J connectivity index is 1.12. The van der Waals surface area contributed by atoms with Crippen LogP contribution >= 0.6 is 11.6 Å². The summed E-state index contributed by atoms with van der Waals surface area (Å²) in [5, 5.41) is 44.1. The highest BCUT2D eigenvalue weighted by atomic mass is 35.5. The number of halogens is 1. The third-order valence-corrected chi connectivity index (χ3v) is 9.77. The van der Waals surface area contributed by atoms with Gasteiger partial charge in [-0.15, -0.1) is 0 Å². The molecule has 1 saturated heterocycles. The van der Waals surface area contributed by atoms with Crippen LogP contribution in [0.5, 0.6) is 0 Å². The number of nitrogens with zero attached hydrogens (tertiary/aromatic N) is 3. The van der Waals surface area contributed by atoms with Crippen LogP contribution in [0.15, 0.2) is 59.1 Å². The lowest BCUT2D eigenvalue weighted by molar-refractivity contribution is -0.0477. The van der Waals surface area contributed by atoms with E-state index in [4.69, 9.17) is 16.1 Å². The summed E-state index contributed by atoms with van der Waals surface area (Å²) in [6.07, 6.45) is 2.01. The molecule has 1 amide bonds. The van der Waals surface area contributed by atoms with Crippen molar-refractivity contribution >= 4 is 28.9 Å². The molecule has 11 heteroatoms. The topological polar surface area (TPSA) is 147 Å². The average molecular weight is 669 g/mol. The Hall–Kier alpha value is -4.40. The largest absolute Gasteiger partial charge is 0.385 e. The van der Waals surface area contributed by atoms with Crippen LogP contribution in [0.25, 0.3) is 11.1 Å². The van der Waals surface area contributed by atoms with Crippen LogP contribution in [-0.2, 0) is 6.54 Å². The number of hydrogen-bond donors (Lipinski definition) is 5. The number of nitrogens with one attached hydrogen (secondary N) is 3. The number of aryl methyl sites for hydroxylation is 3. The molecule has 2 aliphatic heterocycles. The van der Waals surface area contributed by atoms with Gasteiger partial charge in [0, 0.05) is 35.6 Å². The zero-order valence-corrected chi connectivity index (χ0v) is 28.1. The van der Waals surface area contributed by atoms with Crippen LogP contribution < -0.4 is 16.0 Å². The van der Waals surface area contributed by atoms with Gasteiger partial charge in [0.1, 0.15) is 24.3 Å². The van der Waals surface area contributed by atoms with E-state index in [2.05, 4.69) is 52.3 Å². The quantitative estimate of drug-likeness (QED) is 0.112. The maximum absolute atomic E-state index is 13.1. The van der Waals surface area contributed by atoms with Crippen LogP contribution in [-0.4, -0.2) is 51.2 Å². The lowest BCUT2D eigenvalue weighted by Crippen LogP contribution is -2.56. The van der Waals surface area contributed by atoms with Crippen LogP contribution in [0, 0.1) is 32.1 Å². The molecule has 1 aromatic heterocycles. The molecule has 3 heterocycles. The van der Waals surface area contributed by atoms with Gasteiger partial charge in [-0.25, -0.2) is 0 Å². The minimum absolute atomic E-state index is 0.0165. The summed E-state index contributed by atoms with van der Waals surface area (Å²) in [7, 11) is 0. The second-order valence-corrected chi connectivity index (χ2v) is 13.2. The third kappa shape index (κ3) is 7.05. The first kappa shape index (κ1) is 33.5. The number of fused-ring (bicyclic) bond motifs is 1. The molecule has 0 radical (unpaired) electrons. The molecule has 4 aromatic rings. The third-order valence-electron chi connectivity index (χ3n) is 9.46. The molecule has 0 saturated carbocycles. The van der Waals surface area contributed by atoms with E-state index < -0.39 is 12.5 Å². The van der Waals surface area contributed by atoms with Gasteiger partial charge < -0.3 is 30.3 Å². The van der Waals surface area contributed by atoms with E-state index in [1.54, 1.807) is 17.0 Å². The summed E-state index contributed by atoms with van der Waals surface area (Å²) in [6, 6.07) is 19.4. The fourth-order valence-corrected chi connectivity index (χ4v) is 7.12. The number of anilines is 2. The summed E-state index contributed by atoms with van der Waals surface area (Å²) in [6.45, 7) is 7.18. The summed E-state index contributed by atoms with van der Waals surface area (Å²) < 4.78 is 5.46. The van der Waals surface area contributed by atoms with Gasteiger partial charge in [-0.2, -0.15) is 5.26 Å². The fraction of sp³-hybridized carbons (Fsp3) is 0.378. The van der Waals surface area contributed by atoms with Crippen molar-refractivity contribution in [3.8, 4) is 17.2 Å². The van der Waals surface area contributed by atoms with E-state index in [0.717, 1.165) is 70.9 Å². The summed E-state index contributed by atoms with van der Waals surface area (Å²) >= 11 is 6.39. The number of aliphatic hydroxyl groups excluding tert-OH is 2. The predicted octanol–water partition coefficient (Wildman–Crippen LogP) is 6.57. The number of carbonyl (C=O) groups is 1. The number of benzene rings is 3. The molecule has 10 nitrogen and oxygen atoms in total. The Morgan fingerprint density at radius 1 is 1.08 bits per heavy atom. The second-order valence-electron chi connectivity index (χ2n) is 12.8. The number of piperidine rings is 1. The highest BCUT2D eigenvalue weighted by Crippen LogP contribution is 2.35. The van der Waals surface area contributed by atoms with Gasteiger partial charge in [-0.1, -0.05) is 28.9 Å². The van der Waals surface area contributed by atoms with Crippen molar-refractivity contribution in [2.45, 2.75) is 84.0 Å². The molecule has 2 aliphatic rings. The first-order chi connectivity index (χ1) is 23.1. The number of aromatic nitrogens is 1. The fourth-order valence-electron chi connectivity index (χ4n) is 6.90. The molecule has 250 valence electrons. The van der Waals surface area contributed by atoms with Gasteiger partial charge in [-0.3, -0.25) is 10.1 Å². The van der Waals surface area contributed by atoms with E-state index in [0.29, 0.717) is 35.5 Å². The zero-order chi connectivity index (χ0) is 33.9. The molecule has 0 bridgehead atoms. The van der Waals surface area contributed by atoms with Crippen LogP contribution in [0.4, 0.5) is 11.4 Å². The second kappa shape index (κ2) is 14.4. The number of aliphatic hydroxyl groups is 2. The Morgan fingerprint density at radius 3 is 2.62 bits per heavy atom. The average Bonchev–Trinajstić information content (AvgIpc) is 3.57. The number of hydrogen-bond acceptors (Lipinski definition) is 9. The maximum Gasteiger partial charge on any atom is 0.254 e. The zero-order valence-electron chi connectivity index (χ0n) is 27.4. The molecule has 6 rings (SSSR count). The number of nitriles is 1. The number of carbonyl (C=O) groups excluding carboxylic acids is 1. The molecule has 4 unspecified atom stereocenters. The van der Waals surface area contributed by atoms with E-state index >= 15 is 0 Å². The monoisotopic (exact) mass is 668 g/mol. The van der Waals surface area contributed by atoms with Gasteiger partial charge >= 0.3 is 0 Å². The lowest BCUT2D eigenvalue weighted by Gasteiger charge is -2.37. The van der Waals surface area contributed by atoms with E-state index in [1.807, 2.05) is 38.1 Å². The van der Waals surface area contributed by atoms with Crippen molar-refractivity contribution in [1.29, 1.82) is 5.26 Å². The number of amides is 1. The van der Waals surface area contributed by atoms with E-state index in [1.165, 1.54) is 5.56 Å². The summed E-state index contributed by atoms with van der Waals surface area (Å²) in [5.74, 6) is 0.693. The highest BCUT2D eigenvalue weighted by molar-refractivity contribution is 6.32. The van der Waals surface area contributed by atoms with Crippen molar-refractivity contribution in [1.82, 2.24) is 15.4 Å². The normalized spacial score (nSPS) is 19.6. The standard InChI is InChI=1S/C37H41ClN6O4/c1-21-7-8-24(35-22(2)43-48-23(35)3)17-30(21)32(41-28-10-9-25(19-39)31(38)18-28)6-4-5-15-40-27-11-12-29-26(16-27)20-44(37(29)47)33-13-14-34(45)42-36(33)46/h7-12,16-18,32-34,36,40-42,45-46H,4-6,13-15,20H2,1-3H3. The first-order valence-corrected chi connectivity index (χ1v) is 16.8. The molecule has 48 heavy (non-hydrogen) atoms. The highest BCUT2D eigenvalue weighted by Gasteiger charge is 2.39. The Bertz CT molecular complexity index is 1830. The van der Waals surface area contributed by atoms with E-state index in [9.17, 15) is 20.3 Å². The van der Waals surface area contributed by atoms with E-state index in [-0.39, 0.29) is 18.0 Å². The molecule has 1 fully saturated rings. The first-order valence-electron chi connectivity index (χ1n) is 16.4. The molecule has 0 spiro atoms. The molecule has 4 atom stereocenters. The van der Waals surface area contributed by atoms with Crippen molar-refractivity contribution in [2.24, 2.45) is 0 Å². The van der Waals surface area contributed by atoms with Crippen LogP contribution in [0.3, 0.4) is 0 Å². The Labute approximate surface area is 285 Å². The van der Waals surface area contributed by atoms with Crippen LogP contribution in [0.1, 0.15) is 82.2 Å².